The standard InChI is InChI=1S/C22H25Cl2FN2O2S/c1-3-10-26-22(29)15(2)27(12-16-6-4-5-7-20(16)25)21(28)14-30-13-17-8-9-18(23)11-19(17)24/h4-9,11,15H,3,10,12-14H2,1-2H3,(H,26,29). The number of nitrogens with one attached hydrogen (secondary N) is 1. The van der Waals surface area contributed by atoms with Gasteiger partial charge in [0, 0.05) is 34.5 Å². The number of carbonyl (C=O) groups is 2. The van der Waals surface area contributed by atoms with E-state index in [4.69, 9.17) is 23.2 Å². The third-order valence-corrected chi connectivity index (χ3v) is 6.07. The van der Waals surface area contributed by atoms with Crippen molar-refractivity contribution in [2.45, 2.75) is 38.6 Å². The monoisotopic (exact) mass is 470 g/mol. The number of benzene rings is 2. The molecule has 2 aromatic rings. The molecule has 0 saturated heterocycles. The largest absolute Gasteiger partial charge is 0.354 e. The lowest BCUT2D eigenvalue weighted by molar-refractivity contribution is -0.138. The maximum absolute atomic E-state index is 14.2. The van der Waals surface area contributed by atoms with Gasteiger partial charge in [0.1, 0.15) is 11.9 Å². The first-order chi connectivity index (χ1) is 14.3. The van der Waals surface area contributed by atoms with Crippen LogP contribution in [0.25, 0.3) is 0 Å². The second-order valence-electron chi connectivity index (χ2n) is 6.81. The molecule has 0 aromatic heterocycles. The number of halogens is 3. The molecule has 1 N–H and O–H groups in total. The molecule has 2 rings (SSSR count). The van der Waals surface area contributed by atoms with Gasteiger partial charge in [0.2, 0.25) is 11.8 Å². The summed E-state index contributed by atoms with van der Waals surface area (Å²) in [6, 6.07) is 10.8. The normalized spacial score (nSPS) is 11.8. The van der Waals surface area contributed by atoms with Crippen LogP contribution in [-0.2, 0) is 21.9 Å². The number of rotatable bonds is 10. The molecule has 0 saturated carbocycles. The van der Waals surface area contributed by atoms with Gasteiger partial charge in [-0.15, -0.1) is 11.8 Å². The molecular formula is C22H25Cl2FN2O2S. The SMILES string of the molecule is CCCNC(=O)C(C)N(Cc1ccccc1F)C(=O)CSCc1ccc(Cl)cc1Cl. The van der Waals surface area contributed by atoms with E-state index in [1.54, 1.807) is 37.3 Å². The van der Waals surface area contributed by atoms with Crippen molar-refractivity contribution in [1.29, 1.82) is 0 Å². The molecule has 4 nitrogen and oxygen atoms in total. The van der Waals surface area contributed by atoms with Crippen molar-refractivity contribution in [1.82, 2.24) is 10.2 Å². The molecule has 0 bridgehead atoms. The van der Waals surface area contributed by atoms with Gasteiger partial charge in [-0.25, -0.2) is 4.39 Å². The van der Waals surface area contributed by atoms with Crippen LogP contribution in [0.2, 0.25) is 10.0 Å². The van der Waals surface area contributed by atoms with Crippen LogP contribution < -0.4 is 5.32 Å². The Morgan fingerprint density at radius 2 is 1.90 bits per heavy atom. The van der Waals surface area contributed by atoms with Crippen molar-refractivity contribution < 1.29 is 14.0 Å². The Balaban J connectivity index is 2.08. The first-order valence-electron chi connectivity index (χ1n) is 9.65. The summed E-state index contributed by atoms with van der Waals surface area (Å²) in [5, 5.41) is 3.89. The Morgan fingerprint density at radius 3 is 2.57 bits per heavy atom. The van der Waals surface area contributed by atoms with Gasteiger partial charge in [-0.2, -0.15) is 0 Å². The van der Waals surface area contributed by atoms with Crippen molar-refractivity contribution in [2.75, 3.05) is 12.3 Å². The van der Waals surface area contributed by atoms with Crippen molar-refractivity contribution in [3.63, 3.8) is 0 Å². The number of carbonyl (C=O) groups excluding carboxylic acids is 2. The summed E-state index contributed by atoms with van der Waals surface area (Å²) >= 11 is 13.5. The third kappa shape index (κ3) is 7.18. The second-order valence-corrected chi connectivity index (χ2v) is 8.64. The van der Waals surface area contributed by atoms with Crippen molar-refractivity contribution in [3.05, 3.63) is 69.5 Å². The zero-order valence-corrected chi connectivity index (χ0v) is 19.3. The predicted octanol–water partition coefficient (Wildman–Crippen LogP) is 5.31. The molecule has 2 aromatic carbocycles. The summed E-state index contributed by atoms with van der Waals surface area (Å²) < 4.78 is 14.2. The molecule has 1 atom stereocenters. The fraction of sp³-hybridized carbons (Fsp3) is 0.364. The summed E-state index contributed by atoms with van der Waals surface area (Å²) in [6.45, 7) is 4.15. The fourth-order valence-electron chi connectivity index (χ4n) is 2.76. The zero-order valence-electron chi connectivity index (χ0n) is 17.0. The minimum atomic E-state index is -0.719. The van der Waals surface area contributed by atoms with Gasteiger partial charge in [0.15, 0.2) is 0 Å². The summed E-state index contributed by atoms with van der Waals surface area (Å²) in [4.78, 5) is 26.8. The lowest BCUT2D eigenvalue weighted by Crippen LogP contribution is -2.48. The maximum Gasteiger partial charge on any atom is 0.242 e. The number of hydrogen-bond acceptors (Lipinski definition) is 3. The van der Waals surface area contributed by atoms with E-state index in [2.05, 4.69) is 5.32 Å². The number of hydrogen-bond donors (Lipinski definition) is 1. The van der Waals surface area contributed by atoms with Gasteiger partial charge in [0.05, 0.1) is 5.75 Å². The third-order valence-electron chi connectivity index (χ3n) is 4.51. The van der Waals surface area contributed by atoms with Crippen LogP contribution in [0.4, 0.5) is 4.39 Å². The molecule has 0 radical (unpaired) electrons. The van der Waals surface area contributed by atoms with E-state index < -0.39 is 11.9 Å². The van der Waals surface area contributed by atoms with E-state index >= 15 is 0 Å². The van der Waals surface area contributed by atoms with Gasteiger partial charge in [-0.1, -0.05) is 54.4 Å². The second kappa shape index (κ2) is 12.2. The number of amides is 2. The first-order valence-corrected chi connectivity index (χ1v) is 11.6. The minimum absolute atomic E-state index is 0.0223. The van der Waals surface area contributed by atoms with Gasteiger partial charge < -0.3 is 10.2 Å². The average molecular weight is 471 g/mol. The predicted molar refractivity (Wildman–Crippen MR) is 122 cm³/mol. The fourth-order valence-corrected chi connectivity index (χ4v) is 4.23. The van der Waals surface area contributed by atoms with Crippen LogP contribution in [0.3, 0.4) is 0 Å². The molecule has 0 aliphatic rings. The lowest BCUT2D eigenvalue weighted by Gasteiger charge is -2.29. The molecule has 162 valence electrons. The van der Waals surface area contributed by atoms with E-state index in [0.29, 0.717) is 27.9 Å². The van der Waals surface area contributed by atoms with Crippen molar-refractivity contribution in [2.24, 2.45) is 0 Å². The van der Waals surface area contributed by atoms with Crippen LogP contribution in [0.1, 0.15) is 31.4 Å². The minimum Gasteiger partial charge on any atom is -0.354 e. The van der Waals surface area contributed by atoms with Crippen LogP contribution in [0.5, 0.6) is 0 Å². The summed E-state index contributed by atoms with van der Waals surface area (Å²) in [5.41, 5.74) is 1.24. The van der Waals surface area contributed by atoms with Gasteiger partial charge >= 0.3 is 0 Å². The van der Waals surface area contributed by atoms with Crippen LogP contribution >= 0.6 is 35.0 Å². The Bertz CT molecular complexity index is 882. The summed E-state index contributed by atoms with van der Waals surface area (Å²) in [7, 11) is 0. The average Bonchev–Trinajstić information content (AvgIpc) is 2.72. The highest BCUT2D eigenvalue weighted by Gasteiger charge is 2.26. The molecule has 1 unspecified atom stereocenters. The van der Waals surface area contributed by atoms with E-state index in [1.165, 1.54) is 22.7 Å². The molecular weight excluding hydrogens is 446 g/mol. The summed E-state index contributed by atoms with van der Waals surface area (Å²) in [6.07, 6.45) is 0.789. The van der Waals surface area contributed by atoms with Gasteiger partial charge in [0.25, 0.3) is 0 Å². The smallest absolute Gasteiger partial charge is 0.242 e. The Kier molecular flexibility index (Phi) is 9.95. The Hall–Kier alpha value is -1.76. The molecule has 30 heavy (non-hydrogen) atoms. The maximum atomic E-state index is 14.2. The van der Waals surface area contributed by atoms with Gasteiger partial charge in [-0.05, 0) is 37.1 Å². The number of nitrogens with zero attached hydrogens (tertiary/aromatic N) is 1. The molecule has 0 spiro atoms. The van der Waals surface area contributed by atoms with Crippen molar-refractivity contribution in [3.8, 4) is 0 Å². The first kappa shape index (κ1) is 24.5. The van der Waals surface area contributed by atoms with E-state index in [0.717, 1.165) is 12.0 Å². The molecule has 0 aliphatic heterocycles. The highest BCUT2D eigenvalue weighted by molar-refractivity contribution is 7.99. The zero-order chi connectivity index (χ0) is 22.1. The molecule has 0 heterocycles. The van der Waals surface area contributed by atoms with Crippen molar-refractivity contribution >= 4 is 46.8 Å². The molecule has 2 amide bonds. The van der Waals surface area contributed by atoms with Crippen LogP contribution in [-0.4, -0.2) is 35.1 Å². The highest BCUT2D eigenvalue weighted by atomic mass is 35.5. The van der Waals surface area contributed by atoms with Crippen LogP contribution in [0.15, 0.2) is 42.5 Å². The quantitative estimate of drug-likeness (QED) is 0.511. The van der Waals surface area contributed by atoms with E-state index in [1.807, 2.05) is 13.0 Å². The van der Waals surface area contributed by atoms with E-state index in [9.17, 15) is 14.0 Å². The van der Waals surface area contributed by atoms with Gasteiger partial charge in [-0.3, -0.25) is 9.59 Å². The number of thioether (sulfide) groups is 1. The highest BCUT2D eigenvalue weighted by Crippen LogP contribution is 2.25. The lowest BCUT2D eigenvalue weighted by atomic mass is 10.1. The molecule has 8 heteroatoms. The Labute approximate surface area is 191 Å². The molecule has 0 fully saturated rings. The van der Waals surface area contributed by atoms with Crippen LogP contribution in [0, 0.1) is 5.82 Å². The summed E-state index contributed by atoms with van der Waals surface area (Å²) in [5.74, 6) is -0.248. The molecule has 0 aliphatic carbocycles. The van der Waals surface area contributed by atoms with E-state index in [-0.39, 0.29) is 24.1 Å². The topological polar surface area (TPSA) is 49.4 Å². The Morgan fingerprint density at radius 1 is 1.17 bits per heavy atom.